The van der Waals surface area contributed by atoms with Gasteiger partial charge in [-0.15, -0.1) is 11.8 Å². The number of hydrogen-bond acceptors (Lipinski definition) is 5. The number of hydrogen-bond donors (Lipinski definition) is 0. The van der Waals surface area contributed by atoms with Crippen molar-refractivity contribution >= 4 is 23.4 Å². The van der Waals surface area contributed by atoms with E-state index in [0.29, 0.717) is 34.5 Å². The second kappa shape index (κ2) is 10.5. The van der Waals surface area contributed by atoms with Crippen molar-refractivity contribution in [3.8, 4) is 17.2 Å². The molecule has 3 aromatic rings. The van der Waals surface area contributed by atoms with E-state index in [1.54, 1.807) is 18.3 Å². The molecule has 0 saturated heterocycles. The van der Waals surface area contributed by atoms with E-state index in [1.165, 1.54) is 28.6 Å². The van der Waals surface area contributed by atoms with E-state index < -0.39 is 17.3 Å². The summed E-state index contributed by atoms with van der Waals surface area (Å²) < 4.78 is 51.2. The van der Waals surface area contributed by atoms with Gasteiger partial charge in [0, 0.05) is 5.75 Å². The number of alkyl halides is 3. The molecular weight excluding hydrogens is 501 g/mol. The van der Waals surface area contributed by atoms with Crippen LogP contribution in [0.5, 0.6) is 17.2 Å². The molecule has 0 aliphatic heterocycles. The summed E-state index contributed by atoms with van der Waals surface area (Å²) in [4.78, 5) is 13.1. The molecular formula is C25H26ClF3N2O3S. The van der Waals surface area contributed by atoms with Gasteiger partial charge in [0.05, 0.1) is 28.8 Å². The van der Waals surface area contributed by atoms with Gasteiger partial charge in [0.15, 0.2) is 0 Å². The van der Waals surface area contributed by atoms with Crippen LogP contribution in [0.4, 0.5) is 13.2 Å². The topological polar surface area (TPSA) is 53.4 Å². The molecule has 1 heterocycles. The van der Waals surface area contributed by atoms with E-state index in [4.69, 9.17) is 21.1 Å². The van der Waals surface area contributed by atoms with Gasteiger partial charge >= 0.3 is 6.18 Å². The van der Waals surface area contributed by atoms with E-state index in [9.17, 15) is 18.0 Å². The summed E-state index contributed by atoms with van der Waals surface area (Å²) >= 11 is 7.64. The summed E-state index contributed by atoms with van der Waals surface area (Å²) in [7, 11) is 0. The molecule has 1 aromatic heterocycles. The Labute approximate surface area is 211 Å². The highest BCUT2D eigenvalue weighted by Crippen LogP contribution is 2.34. The summed E-state index contributed by atoms with van der Waals surface area (Å²) in [5, 5.41) is 4.36. The molecule has 0 spiro atoms. The molecule has 0 atom stereocenters. The van der Waals surface area contributed by atoms with Gasteiger partial charge in [-0.1, -0.05) is 11.6 Å². The predicted molar refractivity (Wildman–Crippen MR) is 132 cm³/mol. The van der Waals surface area contributed by atoms with Crippen LogP contribution in [-0.2, 0) is 11.7 Å². The van der Waals surface area contributed by atoms with Gasteiger partial charge in [0.1, 0.15) is 22.3 Å². The Kier molecular flexibility index (Phi) is 8.11. The second-order valence-corrected chi connectivity index (χ2v) is 10.4. The summed E-state index contributed by atoms with van der Waals surface area (Å²) in [5.41, 5.74) is 0.116. The lowest BCUT2D eigenvalue weighted by molar-refractivity contribution is -0.137. The quantitative estimate of drug-likeness (QED) is 0.240. The molecule has 0 amide bonds. The summed E-state index contributed by atoms with van der Waals surface area (Å²) in [5.74, 6) is 2.04. The van der Waals surface area contributed by atoms with E-state index in [-0.39, 0.29) is 10.6 Å². The fourth-order valence-corrected chi connectivity index (χ4v) is 4.35. The van der Waals surface area contributed by atoms with Gasteiger partial charge in [0.2, 0.25) is 0 Å². The summed E-state index contributed by atoms with van der Waals surface area (Å²) in [6.07, 6.45) is -2.81. The zero-order valence-corrected chi connectivity index (χ0v) is 21.6. The Balaban J connectivity index is 1.61. The first-order valence-corrected chi connectivity index (χ1v) is 12.1. The molecule has 0 aliphatic rings. The van der Waals surface area contributed by atoms with Crippen molar-refractivity contribution in [2.75, 3.05) is 12.4 Å². The maximum Gasteiger partial charge on any atom is 0.416 e. The van der Waals surface area contributed by atoms with Crippen LogP contribution in [0.2, 0.25) is 5.02 Å². The molecule has 35 heavy (non-hydrogen) atoms. The van der Waals surface area contributed by atoms with Gasteiger partial charge in [-0.2, -0.15) is 18.3 Å². The van der Waals surface area contributed by atoms with Crippen molar-refractivity contribution in [1.82, 2.24) is 9.78 Å². The number of halogens is 4. The zero-order valence-electron chi connectivity index (χ0n) is 20.0. The van der Waals surface area contributed by atoms with Crippen LogP contribution in [-0.4, -0.2) is 22.1 Å². The number of benzene rings is 2. The van der Waals surface area contributed by atoms with Gasteiger partial charge in [-0.05, 0) is 82.1 Å². The first kappa shape index (κ1) is 26.9. The lowest BCUT2D eigenvalue weighted by Gasteiger charge is -2.21. The maximum absolute atomic E-state index is 12.7. The van der Waals surface area contributed by atoms with Crippen molar-refractivity contribution in [3.63, 3.8) is 0 Å². The van der Waals surface area contributed by atoms with Gasteiger partial charge in [-0.25, -0.2) is 4.68 Å². The summed E-state index contributed by atoms with van der Waals surface area (Å²) in [6.45, 7) is 9.73. The SMILES string of the molecule is Cc1cc(Oc2ccc(C(F)(F)F)cc2)cc(C)c1OCCSc1cnn(C(C)(C)C)c(=O)c1Cl. The van der Waals surface area contributed by atoms with Crippen LogP contribution in [0, 0.1) is 13.8 Å². The zero-order chi connectivity index (χ0) is 26.0. The third kappa shape index (κ3) is 6.73. The monoisotopic (exact) mass is 526 g/mol. The van der Waals surface area contributed by atoms with E-state index >= 15 is 0 Å². The van der Waals surface area contributed by atoms with Gasteiger partial charge < -0.3 is 9.47 Å². The first-order chi connectivity index (χ1) is 16.3. The Bertz CT molecular complexity index is 1230. The van der Waals surface area contributed by atoms with Crippen LogP contribution in [0.1, 0.15) is 37.5 Å². The molecule has 0 fully saturated rings. The number of ether oxygens (including phenoxy) is 2. The second-order valence-electron chi connectivity index (χ2n) is 8.92. The molecule has 0 unspecified atom stereocenters. The fourth-order valence-electron chi connectivity index (χ4n) is 3.34. The summed E-state index contributed by atoms with van der Waals surface area (Å²) in [6, 6.07) is 8.07. The first-order valence-electron chi connectivity index (χ1n) is 10.8. The third-order valence-corrected chi connectivity index (χ3v) is 6.43. The van der Waals surface area contributed by atoms with Gasteiger partial charge in [-0.3, -0.25) is 4.79 Å². The van der Waals surface area contributed by atoms with Crippen LogP contribution < -0.4 is 15.0 Å². The molecule has 0 saturated carbocycles. The molecule has 3 rings (SSSR count). The lowest BCUT2D eigenvalue weighted by Crippen LogP contribution is -2.36. The molecule has 0 aliphatic carbocycles. The molecule has 2 aromatic carbocycles. The minimum atomic E-state index is -4.39. The molecule has 10 heteroatoms. The fraction of sp³-hybridized carbons (Fsp3) is 0.360. The Hall–Kier alpha value is -2.65. The van der Waals surface area contributed by atoms with E-state index in [0.717, 1.165) is 23.3 Å². The highest BCUT2D eigenvalue weighted by atomic mass is 35.5. The molecule has 5 nitrogen and oxygen atoms in total. The molecule has 0 radical (unpaired) electrons. The van der Waals surface area contributed by atoms with Crippen LogP contribution in [0.25, 0.3) is 0 Å². The number of aromatic nitrogens is 2. The largest absolute Gasteiger partial charge is 0.492 e. The Morgan fingerprint density at radius 3 is 2.17 bits per heavy atom. The molecule has 188 valence electrons. The minimum absolute atomic E-state index is 0.136. The van der Waals surface area contributed by atoms with Crippen molar-refractivity contribution in [2.24, 2.45) is 0 Å². The Morgan fingerprint density at radius 2 is 1.63 bits per heavy atom. The number of aryl methyl sites for hydroxylation is 2. The average Bonchev–Trinajstić information content (AvgIpc) is 2.74. The number of rotatable bonds is 7. The average molecular weight is 527 g/mol. The van der Waals surface area contributed by atoms with Crippen molar-refractivity contribution < 1.29 is 22.6 Å². The number of nitrogens with zero attached hydrogens (tertiary/aromatic N) is 2. The number of thioether (sulfide) groups is 1. The third-order valence-electron chi connectivity index (χ3n) is 4.96. The van der Waals surface area contributed by atoms with Crippen LogP contribution >= 0.6 is 23.4 Å². The van der Waals surface area contributed by atoms with Crippen molar-refractivity contribution in [2.45, 2.75) is 51.2 Å². The lowest BCUT2D eigenvalue weighted by atomic mass is 10.1. The Morgan fingerprint density at radius 1 is 1.03 bits per heavy atom. The van der Waals surface area contributed by atoms with E-state index in [2.05, 4.69) is 5.10 Å². The van der Waals surface area contributed by atoms with E-state index in [1.807, 2.05) is 34.6 Å². The highest BCUT2D eigenvalue weighted by Gasteiger charge is 2.30. The van der Waals surface area contributed by atoms with Crippen LogP contribution in [0.3, 0.4) is 0 Å². The standard InChI is InChI=1S/C25H26ClF3N2O3S/c1-15-12-19(34-18-8-6-17(7-9-18)25(27,28)29)13-16(2)22(15)33-10-11-35-20-14-30-31(24(3,4)5)23(32)21(20)26/h6-9,12-14H,10-11H2,1-5H3. The minimum Gasteiger partial charge on any atom is -0.492 e. The highest BCUT2D eigenvalue weighted by molar-refractivity contribution is 7.99. The van der Waals surface area contributed by atoms with Gasteiger partial charge in [0.25, 0.3) is 5.56 Å². The molecule has 0 N–H and O–H groups in total. The maximum atomic E-state index is 12.7. The van der Waals surface area contributed by atoms with Crippen molar-refractivity contribution in [1.29, 1.82) is 0 Å². The normalized spacial score (nSPS) is 12.0. The smallest absolute Gasteiger partial charge is 0.416 e. The predicted octanol–water partition coefficient (Wildman–Crippen LogP) is 7.25. The van der Waals surface area contributed by atoms with Crippen molar-refractivity contribution in [3.05, 3.63) is 74.7 Å². The molecule has 0 bridgehead atoms. The van der Waals surface area contributed by atoms with Crippen LogP contribution in [0.15, 0.2) is 52.3 Å².